The van der Waals surface area contributed by atoms with Crippen molar-refractivity contribution in [2.24, 2.45) is 0 Å². The van der Waals surface area contributed by atoms with Crippen LogP contribution >= 0.6 is 22.6 Å². The maximum Gasteiger partial charge on any atom is 0.128 e. The van der Waals surface area contributed by atoms with Crippen molar-refractivity contribution in [1.29, 1.82) is 0 Å². The summed E-state index contributed by atoms with van der Waals surface area (Å²) >= 11 is 2.31. The van der Waals surface area contributed by atoms with Crippen molar-refractivity contribution in [3.05, 3.63) is 9.77 Å². The SMILES string of the molecule is Ic1cc(N2CCCCC2)n(C2CCOC2)n1. The Bertz CT molecular complexity index is 381. The van der Waals surface area contributed by atoms with Crippen LogP contribution in [0.25, 0.3) is 0 Å². The molecule has 0 aromatic carbocycles. The van der Waals surface area contributed by atoms with Gasteiger partial charge in [0.2, 0.25) is 0 Å². The van der Waals surface area contributed by atoms with Crippen molar-refractivity contribution >= 4 is 28.4 Å². The van der Waals surface area contributed by atoms with Crippen LogP contribution in [0.5, 0.6) is 0 Å². The van der Waals surface area contributed by atoms with Gasteiger partial charge in [0.15, 0.2) is 0 Å². The molecule has 0 aliphatic carbocycles. The second kappa shape index (κ2) is 5.14. The lowest BCUT2D eigenvalue weighted by molar-refractivity contribution is 0.184. The molecule has 0 amide bonds. The van der Waals surface area contributed by atoms with Gasteiger partial charge in [-0.3, -0.25) is 0 Å². The molecule has 17 heavy (non-hydrogen) atoms. The molecule has 1 aromatic rings. The first kappa shape index (κ1) is 11.8. The minimum absolute atomic E-state index is 0.440. The lowest BCUT2D eigenvalue weighted by Gasteiger charge is -2.29. The first-order valence-electron chi connectivity index (χ1n) is 6.42. The number of rotatable bonds is 2. The van der Waals surface area contributed by atoms with E-state index in [2.05, 4.69) is 43.3 Å². The van der Waals surface area contributed by atoms with E-state index in [1.807, 2.05) is 0 Å². The van der Waals surface area contributed by atoms with E-state index < -0.39 is 0 Å². The van der Waals surface area contributed by atoms with Crippen molar-refractivity contribution in [2.45, 2.75) is 31.7 Å². The standard InChI is InChI=1S/C12H18IN3O/c13-11-8-12(15-5-2-1-3-6-15)16(14-11)10-4-7-17-9-10/h8,10H,1-7,9H2. The fourth-order valence-corrected chi connectivity index (χ4v) is 3.21. The summed E-state index contributed by atoms with van der Waals surface area (Å²) in [4.78, 5) is 2.48. The highest BCUT2D eigenvalue weighted by Crippen LogP contribution is 2.28. The summed E-state index contributed by atoms with van der Waals surface area (Å²) in [5, 5.41) is 4.65. The van der Waals surface area contributed by atoms with E-state index in [1.165, 1.54) is 38.2 Å². The van der Waals surface area contributed by atoms with Crippen LogP contribution in [0.4, 0.5) is 5.82 Å². The fraction of sp³-hybridized carbons (Fsp3) is 0.750. The Morgan fingerprint density at radius 3 is 2.82 bits per heavy atom. The van der Waals surface area contributed by atoms with Gasteiger partial charge < -0.3 is 9.64 Å². The third-order valence-electron chi connectivity index (χ3n) is 3.62. The summed E-state index contributed by atoms with van der Waals surface area (Å²) < 4.78 is 8.77. The lowest BCUT2D eigenvalue weighted by atomic mass is 10.1. The molecule has 0 radical (unpaired) electrons. The first-order chi connectivity index (χ1) is 8.34. The monoisotopic (exact) mass is 347 g/mol. The molecule has 5 heteroatoms. The van der Waals surface area contributed by atoms with Crippen molar-refractivity contribution in [3.8, 4) is 0 Å². The maximum absolute atomic E-state index is 5.48. The summed E-state index contributed by atoms with van der Waals surface area (Å²) in [7, 11) is 0. The molecular weight excluding hydrogens is 329 g/mol. The molecule has 2 aliphatic heterocycles. The number of aromatic nitrogens is 2. The maximum atomic E-state index is 5.48. The summed E-state index contributed by atoms with van der Waals surface area (Å²) in [5.41, 5.74) is 0. The molecule has 2 aliphatic rings. The molecule has 4 nitrogen and oxygen atoms in total. The normalized spacial score (nSPS) is 25.5. The van der Waals surface area contributed by atoms with Gasteiger partial charge >= 0.3 is 0 Å². The quantitative estimate of drug-likeness (QED) is 0.770. The Kier molecular flexibility index (Phi) is 3.56. The van der Waals surface area contributed by atoms with Gasteiger partial charge in [0.1, 0.15) is 9.52 Å². The number of hydrogen-bond donors (Lipinski definition) is 0. The number of nitrogens with zero attached hydrogens (tertiary/aromatic N) is 3. The number of ether oxygens (including phenoxy) is 1. The smallest absolute Gasteiger partial charge is 0.128 e. The second-order valence-corrected chi connectivity index (χ2v) is 5.94. The zero-order valence-electron chi connectivity index (χ0n) is 9.94. The number of anilines is 1. The van der Waals surface area contributed by atoms with Crippen LogP contribution in [0.1, 0.15) is 31.7 Å². The zero-order chi connectivity index (χ0) is 11.7. The van der Waals surface area contributed by atoms with Crippen LogP contribution in [0.15, 0.2) is 6.07 Å². The highest BCUT2D eigenvalue weighted by atomic mass is 127. The second-order valence-electron chi connectivity index (χ2n) is 4.83. The van der Waals surface area contributed by atoms with Gasteiger partial charge in [0, 0.05) is 25.8 Å². The Labute approximate surface area is 115 Å². The topological polar surface area (TPSA) is 30.3 Å². The first-order valence-corrected chi connectivity index (χ1v) is 7.50. The van der Waals surface area contributed by atoms with Crippen LogP contribution < -0.4 is 4.90 Å². The fourth-order valence-electron chi connectivity index (χ4n) is 2.70. The molecule has 3 rings (SSSR count). The van der Waals surface area contributed by atoms with Crippen molar-refractivity contribution in [3.63, 3.8) is 0 Å². The Hall–Kier alpha value is -0.300. The minimum Gasteiger partial charge on any atom is -0.379 e. The lowest BCUT2D eigenvalue weighted by Crippen LogP contribution is -2.32. The minimum atomic E-state index is 0.440. The van der Waals surface area contributed by atoms with E-state index in [1.54, 1.807) is 0 Å². The summed E-state index contributed by atoms with van der Waals surface area (Å²) in [5.74, 6) is 1.30. The van der Waals surface area contributed by atoms with E-state index >= 15 is 0 Å². The predicted octanol–water partition coefficient (Wildman–Crippen LogP) is 2.44. The van der Waals surface area contributed by atoms with Gasteiger partial charge in [-0.1, -0.05) is 0 Å². The predicted molar refractivity (Wildman–Crippen MR) is 75.5 cm³/mol. The third-order valence-corrected chi connectivity index (χ3v) is 4.14. The number of piperidine rings is 1. The molecule has 94 valence electrons. The van der Waals surface area contributed by atoms with Crippen LogP contribution in [-0.4, -0.2) is 36.1 Å². The molecule has 0 spiro atoms. The Morgan fingerprint density at radius 2 is 2.12 bits per heavy atom. The van der Waals surface area contributed by atoms with E-state index in [4.69, 9.17) is 4.74 Å². The number of hydrogen-bond acceptors (Lipinski definition) is 3. The van der Waals surface area contributed by atoms with E-state index in [0.29, 0.717) is 6.04 Å². The van der Waals surface area contributed by atoms with E-state index in [-0.39, 0.29) is 0 Å². The molecule has 0 N–H and O–H groups in total. The summed E-state index contributed by atoms with van der Waals surface area (Å²) in [6.07, 6.45) is 5.08. The molecule has 2 saturated heterocycles. The summed E-state index contributed by atoms with van der Waals surface area (Å²) in [6, 6.07) is 2.65. The van der Waals surface area contributed by atoms with Gasteiger partial charge in [-0.15, -0.1) is 0 Å². The average molecular weight is 347 g/mol. The highest BCUT2D eigenvalue weighted by Gasteiger charge is 2.24. The molecule has 1 atom stereocenters. The van der Waals surface area contributed by atoms with Crippen molar-refractivity contribution < 1.29 is 4.74 Å². The third kappa shape index (κ3) is 2.45. The van der Waals surface area contributed by atoms with Crippen LogP contribution in [0.2, 0.25) is 0 Å². The van der Waals surface area contributed by atoms with Crippen LogP contribution in [0.3, 0.4) is 0 Å². The van der Waals surface area contributed by atoms with Gasteiger partial charge in [0.25, 0.3) is 0 Å². The molecule has 0 saturated carbocycles. The summed E-state index contributed by atoms with van der Waals surface area (Å²) in [6.45, 7) is 4.05. The molecule has 1 unspecified atom stereocenters. The molecule has 2 fully saturated rings. The largest absolute Gasteiger partial charge is 0.379 e. The van der Waals surface area contributed by atoms with Crippen LogP contribution in [0, 0.1) is 3.70 Å². The van der Waals surface area contributed by atoms with Crippen LogP contribution in [-0.2, 0) is 4.74 Å². The average Bonchev–Trinajstić information content (AvgIpc) is 2.98. The molecule has 0 bridgehead atoms. The van der Waals surface area contributed by atoms with Gasteiger partial charge in [-0.2, -0.15) is 5.10 Å². The van der Waals surface area contributed by atoms with Gasteiger partial charge in [0.05, 0.1) is 12.6 Å². The molecule has 1 aromatic heterocycles. The van der Waals surface area contributed by atoms with Gasteiger partial charge in [-0.05, 0) is 48.3 Å². The van der Waals surface area contributed by atoms with Crippen molar-refractivity contribution in [1.82, 2.24) is 9.78 Å². The van der Waals surface area contributed by atoms with E-state index in [9.17, 15) is 0 Å². The number of halogens is 1. The molecular formula is C12H18IN3O. The Morgan fingerprint density at radius 1 is 1.29 bits per heavy atom. The van der Waals surface area contributed by atoms with E-state index in [0.717, 1.165) is 23.3 Å². The van der Waals surface area contributed by atoms with Gasteiger partial charge in [-0.25, -0.2) is 4.68 Å². The highest BCUT2D eigenvalue weighted by molar-refractivity contribution is 14.1. The molecule has 3 heterocycles. The Balaban J connectivity index is 1.86. The van der Waals surface area contributed by atoms with Crippen molar-refractivity contribution in [2.75, 3.05) is 31.2 Å². The zero-order valence-corrected chi connectivity index (χ0v) is 12.1.